The van der Waals surface area contributed by atoms with E-state index in [-0.39, 0.29) is 0 Å². The van der Waals surface area contributed by atoms with Crippen LogP contribution in [0.1, 0.15) is 0 Å². The van der Waals surface area contributed by atoms with Crippen LogP contribution in [0.2, 0.25) is 0 Å². The van der Waals surface area contributed by atoms with Crippen molar-refractivity contribution in [2.45, 2.75) is 0 Å². The second-order valence-electron chi connectivity index (χ2n) is 0.793. The van der Waals surface area contributed by atoms with Crippen molar-refractivity contribution in [2.24, 2.45) is 37.2 Å². The summed E-state index contributed by atoms with van der Waals surface area (Å²) in [7, 11) is 0. The molecule has 0 saturated carbocycles. The van der Waals surface area contributed by atoms with Crippen LogP contribution in [-0.2, 0) is 4.84 Å². The quantitative estimate of drug-likeness (QED) is 0.269. The van der Waals surface area contributed by atoms with E-state index in [2.05, 4.69) is 42.1 Å². The van der Waals surface area contributed by atoms with E-state index in [1.54, 1.807) is 0 Å². The Kier molecular flexibility index (Phi) is 7.42. The average Bonchev–Trinajstić information content (AvgIpc) is 1.97. The summed E-state index contributed by atoms with van der Waals surface area (Å²) in [6.45, 7) is 0. The minimum atomic E-state index is 0.398. The van der Waals surface area contributed by atoms with Crippen LogP contribution in [0.25, 0.3) is 0 Å². The first-order valence-electron chi connectivity index (χ1n) is 2.00. The van der Waals surface area contributed by atoms with Gasteiger partial charge in [-0.2, -0.15) is 0 Å². The molecule has 0 amide bonds. The van der Waals surface area contributed by atoms with Crippen LogP contribution < -0.4 is 5.84 Å². The van der Waals surface area contributed by atoms with Crippen molar-refractivity contribution in [3.8, 4) is 0 Å². The van der Waals surface area contributed by atoms with Gasteiger partial charge in [-0.15, -0.1) is 0 Å². The normalized spacial score (nSPS) is 12.1. The van der Waals surface area contributed by atoms with Gasteiger partial charge in [0.2, 0.25) is 0 Å². The van der Waals surface area contributed by atoms with Crippen molar-refractivity contribution in [1.82, 2.24) is 0 Å². The van der Waals surface area contributed by atoms with Gasteiger partial charge in [0.15, 0.2) is 4.61 Å². The van der Waals surface area contributed by atoms with E-state index in [0.29, 0.717) is 4.61 Å². The zero-order chi connectivity index (χ0) is 7.66. The number of rotatable bonds is 4. The van der Waals surface area contributed by atoms with Crippen molar-refractivity contribution in [2.75, 3.05) is 4.61 Å². The highest BCUT2D eigenvalue weighted by atomic mass is 127. The lowest BCUT2D eigenvalue weighted by Crippen LogP contribution is -1.71. The Morgan fingerprint density at radius 2 is 1.90 bits per heavy atom. The third-order valence-corrected chi connectivity index (χ3v) is 0.593. The van der Waals surface area contributed by atoms with E-state index < -0.39 is 0 Å². The molecule has 0 saturated heterocycles. The summed E-state index contributed by atoms with van der Waals surface area (Å²) in [6, 6.07) is 0. The van der Waals surface area contributed by atoms with Crippen molar-refractivity contribution >= 4 is 22.6 Å². The molecule has 0 heterocycles. The zero-order valence-corrected chi connectivity index (χ0v) is 6.91. The van der Waals surface area contributed by atoms with Gasteiger partial charge >= 0.3 is 0 Å². The van der Waals surface area contributed by atoms with Gasteiger partial charge in [-0.05, 0) is 33.0 Å². The fourth-order valence-corrected chi connectivity index (χ4v) is 0.247. The second-order valence-corrected chi connectivity index (χ2v) is 1.42. The molecule has 0 rings (SSSR count). The second kappa shape index (κ2) is 8.13. The summed E-state index contributed by atoms with van der Waals surface area (Å²) < 4.78 is 0.398. The van der Waals surface area contributed by atoms with E-state index in [9.17, 15) is 0 Å². The fraction of sp³-hybridized carbons (Fsp3) is 1.00. The van der Waals surface area contributed by atoms with E-state index >= 15 is 0 Å². The Balaban J connectivity index is 3.32. The van der Waals surface area contributed by atoms with Crippen LogP contribution in [0, 0.1) is 0 Å². The van der Waals surface area contributed by atoms with E-state index in [1.807, 2.05) is 22.6 Å². The van der Waals surface area contributed by atoms with E-state index in [0.717, 1.165) is 0 Å². The highest BCUT2D eigenvalue weighted by Gasteiger charge is 1.69. The molecular formula is CH4IN7O. The van der Waals surface area contributed by atoms with Gasteiger partial charge in [0.25, 0.3) is 0 Å². The Hall–Kier alpha value is -0.870. The Labute approximate surface area is 69.7 Å². The van der Waals surface area contributed by atoms with Gasteiger partial charge in [-0.1, -0.05) is 5.22 Å². The number of halogens is 1. The Morgan fingerprint density at radius 3 is 2.50 bits per heavy atom. The lowest BCUT2D eigenvalue weighted by Gasteiger charge is -1.80. The minimum Gasteiger partial charge on any atom is -0.367 e. The van der Waals surface area contributed by atoms with Gasteiger partial charge in [0, 0.05) is 10.4 Å². The summed E-state index contributed by atoms with van der Waals surface area (Å²) in [4.78, 5) is 4.40. The summed E-state index contributed by atoms with van der Waals surface area (Å²) in [6.07, 6.45) is 0. The molecule has 0 aliphatic rings. The lowest BCUT2D eigenvalue weighted by molar-refractivity contribution is 0.177. The molecule has 0 aromatic carbocycles. The van der Waals surface area contributed by atoms with Gasteiger partial charge < -0.3 is 10.7 Å². The highest BCUT2D eigenvalue weighted by Crippen LogP contribution is 1.86. The third kappa shape index (κ3) is 7.13. The molecule has 56 valence electrons. The first kappa shape index (κ1) is 9.13. The first-order valence-corrected chi connectivity index (χ1v) is 3.52. The summed E-state index contributed by atoms with van der Waals surface area (Å²) in [5.74, 6) is 4.57. The molecule has 0 aliphatic heterocycles. The SMILES string of the molecule is NN=NN=NN=NOCI. The summed E-state index contributed by atoms with van der Waals surface area (Å²) in [5.41, 5.74) is 0. The third-order valence-electron chi connectivity index (χ3n) is 0.315. The molecule has 0 aromatic heterocycles. The molecule has 0 unspecified atom stereocenters. The van der Waals surface area contributed by atoms with Gasteiger partial charge in [0.1, 0.15) is 0 Å². The number of nitrogens with zero attached hydrogens (tertiary/aromatic N) is 6. The number of hydrogen-bond donors (Lipinski definition) is 1. The van der Waals surface area contributed by atoms with Crippen molar-refractivity contribution in [3.05, 3.63) is 0 Å². The maximum Gasteiger partial charge on any atom is 0.169 e. The van der Waals surface area contributed by atoms with Crippen molar-refractivity contribution < 1.29 is 4.84 Å². The predicted octanol–water partition coefficient (Wildman–Crippen LogP) is 1.37. The van der Waals surface area contributed by atoms with Crippen molar-refractivity contribution in [1.29, 1.82) is 0 Å². The molecular weight excluding hydrogens is 253 g/mol. The van der Waals surface area contributed by atoms with Crippen LogP contribution in [-0.4, -0.2) is 4.61 Å². The zero-order valence-electron chi connectivity index (χ0n) is 4.75. The monoisotopic (exact) mass is 257 g/mol. The Morgan fingerprint density at radius 1 is 1.20 bits per heavy atom. The van der Waals surface area contributed by atoms with E-state index in [1.165, 1.54) is 0 Å². The molecule has 0 bridgehead atoms. The predicted molar refractivity (Wildman–Crippen MR) is 38.7 cm³/mol. The topological polar surface area (TPSA) is 109 Å². The molecule has 8 nitrogen and oxygen atoms in total. The maximum absolute atomic E-state index is 4.57. The smallest absolute Gasteiger partial charge is 0.169 e. The van der Waals surface area contributed by atoms with Gasteiger partial charge in [-0.3, -0.25) is 0 Å². The van der Waals surface area contributed by atoms with Crippen molar-refractivity contribution in [3.63, 3.8) is 0 Å². The Bertz CT molecular complexity index is 141. The number of alkyl halides is 1. The molecule has 0 aromatic rings. The average molecular weight is 257 g/mol. The molecule has 0 fully saturated rings. The largest absolute Gasteiger partial charge is 0.367 e. The first-order chi connectivity index (χ1) is 4.91. The van der Waals surface area contributed by atoms with Crippen LogP contribution in [0.4, 0.5) is 0 Å². The summed E-state index contributed by atoms with van der Waals surface area (Å²) >= 11 is 1.95. The van der Waals surface area contributed by atoms with Crippen LogP contribution in [0.5, 0.6) is 0 Å². The molecule has 9 heteroatoms. The lowest BCUT2D eigenvalue weighted by atomic mass is 11.7. The molecule has 10 heavy (non-hydrogen) atoms. The molecule has 0 atom stereocenters. The highest BCUT2D eigenvalue weighted by molar-refractivity contribution is 14.1. The fourth-order valence-electron chi connectivity index (χ4n) is 0.123. The molecule has 0 spiro atoms. The van der Waals surface area contributed by atoms with Crippen LogP contribution >= 0.6 is 22.6 Å². The van der Waals surface area contributed by atoms with Crippen LogP contribution in [0.15, 0.2) is 31.4 Å². The summed E-state index contributed by atoms with van der Waals surface area (Å²) in [5, 5.41) is 17.8. The maximum atomic E-state index is 4.57. The van der Waals surface area contributed by atoms with Gasteiger partial charge in [-0.25, -0.2) is 0 Å². The van der Waals surface area contributed by atoms with Crippen LogP contribution in [0.3, 0.4) is 0 Å². The van der Waals surface area contributed by atoms with E-state index in [4.69, 9.17) is 0 Å². The minimum absolute atomic E-state index is 0.398. The standard InChI is InChI=1S/CH4IN7O/c2-1-10-9-8-7-6-5-4-3/h1H2,(H2,3,5,7,9). The molecule has 0 radical (unpaired) electrons. The molecule has 2 N–H and O–H groups in total. The number of hydrogen-bond acceptors (Lipinski definition) is 3. The van der Waals surface area contributed by atoms with Gasteiger partial charge in [0.05, 0.1) is 5.28 Å². The molecule has 0 aliphatic carbocycles. The number of nitrogens with two attached hydrogens (primary N) is 1.